The number of para-hydroxylation sites is 2. The highest BCUT2D eigenvalue weighted by atomic mass is 32.2. The number of thioether (sulfide) groups is 1. The molecule has 0 unspecified atom stereocenters. The predicted molar refractivity (Wildman–Crippen MR) is 87.3 cm³/mol. The summed E-state index contributed by atoms with van der Waals surface area (Å²) in [4.78, 5) is 8.87. The SMILES string of the molecule is Cc1cc(C)n2nc(SC[C@H]3COc4ccccc4O3)nc2n1. The van der Waals surface area contributed by atoms with E-state index in [1.165, 1.54) is 0 Å². The van der Waals surface area contributed by atoms with E-state index in [-0.39, 0.29) is 6.10 Å². The van der Waals surface area contributed by atoms with Gasteiger partial charge in [0.25, 0.3) is 5.78 Å². The van der Waals surface area contributed by atoms with E-state index in [0.29, 0.717) is 17.5 Å². The first-order valence-electron chi connectivity index (χ1n) is 7.41. The van der Waals surface area contributed by atoms with E-state index >= 15 is 0 Å². The van der Waals surface area contributed by atoms with Crippen molar-refractivity contribution in [3.63, 3.8) is 0 Å². The lowest BCUT2D eigenvalue weighted by Crippen LogP contribution is -2.31. The second kappa shape index (κ2) is 5.73. The summed E-state index contributed by atoms with van der Waals surface area (Å²) < 4.78 is 13.4. The number of rotatable bonds is 3. The van der Waals surface area contributed by atoms with Gasteiger partial charge in [-0.15, -0.1) is 5.10 Å². The Morgan fingerprint density at radius 1 is 1.22 bits per heavy atom. The molecule has 23 heavy (non-hydrogen) atoms. The predicted octanol–water partition coefficient (Wildman–Crippen LogP) is 2.67. The highest BCUT2D eigenvalue weighted by molar-refractivity contribution is 7.99. The van der Waals surface area contributed by atoms with Gasteiger partial charge in [0.15, 0.2) is 11.5 Å². The Hall–Kier alpha value is -2.28. The Morgan fingerprint density at radius 3 is 2.91 bits per heavy atom. The zero-order valence-corrected chi connectivity index (χ0v) is 13.7. The molecule has 0 bridgehead atoms. The van der Waals surface area contributed by atoms with Crippen molar-refractivity contribution in [2.45, 2.75) is 25.1 Å². The van der Waals surface area contributed by atoms with Crippen LogP contribution in [0.1, 0.15) is 11.4 Å². The summed E-state index contributed by atoms with van der Waals surface area (Å²) in [6.07, 6.45) is -0.0164. The van der Waals surface area contributed by atoms with Gasteiger partial charge in [-0.2, -0.15) is 4.98 Å². The molecule has 0 N–H and O–H groups in total. The van der Waals surface area contributed by atoms with Crippen LogP contribution in [0, 0.1) is 13.8 Å². The second-order valence-electron chi connectivity index (χ2n) is 5.45. The first kappa shape index (κ1) is 14.3. The van der Waals surface area contributed by atoms with E-state index in [1.54, 1.807) is 16.3 Å². The molecule has 0 radical (unpaired) electrons. The lowest BCUT2D eigenvalue weighted by molar-refractivity contribution is 0.107. The van der Waals surface area contributed by atoms with Crippen LogP contribution in [-0.4, -0.2) is 38.0 Å². The van der Waals surface area contributed by atoms with Gasteiger partial charge in [-0.25, -0.2) is 9.50 Å². The van der Waals surface area contributed by atoms with Crippen molar-refractivity contribution in [3.8, 4) is 11.5 Å². The number of fused-ring (bicyclic) bond motifs is 2. The van der Waals surface area contributed by atoms with Gasteiger partial charge in [0.1, 0.15) is 12.7 Å². The Morgan fingerprint density at radius 2 is 2.04 bits per heavy atom. The molecule has 6 nitrogen and oxygen atoms in total. The normalized spacial score (nSPS) is 16.7. The van der Waals surface area contributed by atoms with Crippen LogP contribution in [0.3, 0.4) is 0 Å². The highest BCUT2D eigenvalue weighted by Gasteiger charge is 2.21. The molecule has 0 saturated carbocycles. The Bertz CT molecular complexity index is 864. The van der Waals surface area contributed by atoms with Crippen molar-refractivity contribution in [1.29, 1.82) is 0 Å². The minimum absolute atomic E-state index is 0.0164. The number of benzene rings is 1. The van der Waals surface area contributed by atoms with Gasteiger partial charge < -0.3 is 9.47 Å². The fraction of sp³-hybridized carbons (Fsp3) is 0.312. The van der Waals surface area contributed by atoms with Crippen LogP contribution in [0.25, 0.3) is 5.78 Å². The molecule has 0 saturated heterocycles. The van der Waals surface area contributed by atoms with Crippen molar-refractivity contribution in [3.05, 3.63) is 41.7 Å². The third-order valence-corrected chi connectivity index (χ3v) is 4.53. The van der Waals surface area contributed by atoms with E-state index in [9.17, 15) is 0 Å². The second-order valence-corrected chi connectivity index (χ2v) is 6.44. The molecular formula is C16H16N4O2S. The molecule has 0 fully saturated rings. The number of aryl methyl sites for hydroxylation is 2. The molecular weight excluding hydrogens is 312 g/mol. The molecule has 0 spiro atoms. The van der Waals surface area contributed by atoms with E-state index in [4.69, 9.17) is 9.47 Å². The number of hydrogen-bond donors (Lipinski definition) is 0. The van der Waals surface area contributed by atoms with Gasteiger partial charge in [0.2, 0.25) is 5.16 Å². The van der Waals surface area contributed by atoms with Crippen LogP contribution in [0.4, 0.5) is 0 Å². The smallest absolute Gasteiger partial charge is 0.253 e. The van der Waals surface area contributed by atoms with Gasteiger partial charge in [-0.05, 0) is 32.0 Å². The first-order chi connectivity index (χ1) is 11.2. The van der Waals surface area contributed by atoms with Crippen molar-refractivity contribution >= 4 is 17.5 Å². The fourth-order valence-electron chi connectivity index (χ4n) is 2.52. The molecule has 3 heterocycles. The molecule has 7 heteroatoms. The monoisotopic (exact) mass is 328 g/mol. The lowest BCUT2D eigenvalue weighted by Gasteiger charge is -2.25. The Balaban J connectivity index is 1.47. The van der Waals surface area contributed by atoms with E-state index < -0.39 is 0 Å². The third kappa shape index (κ3) is 2.84. The van der Waals surface area contributed by atoms with E-state index in [2.05, 4.69) is 15.1 Å². The van der Waals surface area contributed by atoms with Gasteiger partial charge in [-0.3, -0.25) is 0 Å². The minimum atomic E-state index is -0.0164. The molecule has 118 valence electrons. The molecule has 0 amide bonds. The van der Waals surface area contributed by atoms with Crippen molar-refractivity contribution in [2.24, 2.45) is 0 Å². The van der Waals surface area contributed by atoms with E-state index in [1.807, 2.05) is 44.2 Å². The van der Waals surface area contributed by atoms with Crippen LogP contribution in [0.2, 0.25) is 0 Å². The average Bonchev–Trinajstić information content (AvgIpc) is 2.96. The average molecular weight is 328 g/mol. The summed E-state index contributed by atoms with van der Waals surface area (Å²) in [5, 5.41) is 5.19. The lowest BCUT2D eigenvalue weighted by atomic mass is 10.3. The molecule has 1 aliphatic rings. The van der Waals surface area contributed by atoms with Gasteiger partial charge in [0, 0.05) is 17.1 Å². The fourth-order valence-corrected chi connectivity index (χ4v) is 3.31. The van der Waals surface area contributed by atoms with Gasteiger partial charge in [0.05, 0.1) is 0 Å². The van der Waals surface area contributed by atoms with Crippen molar-refractivity contribution in [2.75, 3.05) is 12.4 Å². The molecule has 1 aliphatic heterocycles. The van der Waals surface area contributed by atoms with Crippen molar-refractivity contribution in [1.82, 2.24) is 19.6 Å². The number of aromatic nitrogens is 4. The topological polar surface area (TPSA) is 61.5 Å². The zero-order valence-electron chi connectivity index (χ0n) is 12.9. The zero-order chi connectivity index (χ0) is 15.8. The minimum Gasteiger partial charge on any atom is -0.486 e. The maximum atomic E-state index is 5.95. The Kier molecular flexibility index (Phi) is 3.57. The summed E-state index contributed by atoms with van der Waals surface area (Å²) in [6.45, 7) is 4.49. The largest absolute Gasteiger partial charge is 0.486 e. The van der Waals surface area contributed by atoms with Crippen LogP contribution in [0.5, 0.6) is 11.5 Å². The molecule has 1 aromatic carbocycles. The summed E-state index contributed by atoms with van der Waals surface area (Å²) in [5.74, 6) is 2.95. The van der Waals surface area contributed by atoms with Crippen LogP contribution < -0.4 is 9.47 Å². The van der Waals surface area contributed by atoms with Crippen LogP contribution in [-0.2, 0) is 0 Å². The van der Waals surface area contributed by atoms with Gasteiger partial charge in [-0.1, -0.05) is 23.9 Å². The maximum absolute atomic E-state index is 5.95. The maximum Gasteiger partial charge on any atom is 0.253 e. The summed E-state index contributed by atoms with van der Waals surface area (Å²) in [7, 11) is 0. The highest BCUT2D eigenvalue weighted by Crippen LogP contribution is 2.32. The molecule has 4 rings (SSSR count). The molecule has 0 aliphatic carbocycles. The summed E-state index contributed by atoms with van der Waals surface area (Å²) >= 11 is 1.55. The molecule has 1 atom stereocenters. The van der Waals surface area contributed by atoms with Crippen LogP contribution in [0.15, 0.2) is 35.5 Å². The number of hydrogen-bond acceptors (Lipinski definition) is 6. The molecule has 2 aromatic heterocycles. The summed E-state index contributed by atoms with van der Waals surface area (Å²) in [6, 6.07) is 9.71. The van der Waals surface area contributed by atoms with Crippen LogP contribution >= 0.6 is 11.8 Å². The Labute approximate surface area is 137 Å². The van der Waals surface area contributed by atoms with E-state index in [0.717, 1.165) is 28.6 Å². The summed E-state index contributed by atoms with van der Waals surface area (Å²) in [5.41, 5.74) is 1.97. The quantitative estimate of drug-likeness (QED) is 0.689. The van der Waals surface area contributed by atoms with Gasteiger partial charge >= 0.3 is 0 Å². The molecule has 3 aromatic rings. The standard InChI is InChI=1S/C16H16N4O2S/c1-10-7-11(2)20-15(17-10)18-16(19-20)23-9-12-8-21-13-5-3-4-6-14(13)22-12/h3-7,12H,8-9H2,1-2H3/t12-/m1/s1. The first-order valence-corrected chi connectivity index (χ1v) is 8.40. The number of ether oxygens (including phenoxy) is 2. The van der Waals surface area contributed by atoms with Crippen molar-refractivity contribution < 1.29 is 9.47 Å². The number of nitrogens with zero attached hydrogens (tertiary/aromatic N) is 4. The third-order valence-electron chi connectivity index (χ3n) is 3.56.